The first-order chi connectivity index (χ1) is 10.5. The lowest BCUT2D eigenvalue weighted by atomic mass is 10.2. The summed E-state index contributed by atoms with van der Waals surface area (Å²) in [5, 5.41) is 4.10. The summed E-state index contributed by atoms with van der Waals surface area (Å²) in [5.74, 6) is 1.08. The number of aryl methyl sites for hydroxylation is 4. The van der Waals surface area contributed by atoms with Crippen molar-refractivity contribution >= 4 is 17.2 Å². The third-order valence-electron chi connectivity index (χ3n) is 3.78. The van der Waals surface area contributed by atoms with Crippen LogP contribution in [0, 0.1) is 13.8 Å². The highest BCUT2D eigenvalue weighted by atomic mass is 32.1. The molecule has 2 aromatic heterocycles. The molecule has 0 spiro atoms. The van der Waals surface area contributed by atoms with Gasteiger partial charge in [-0.05, 0) is 20.3 Å². The van der Waals surface area contributed by atoms with Crippen molar-refractivity contribution in [3.63, 3.8) is 0 Å². The van der Waals surface area contributed by atoms with Crippen LogP contribution in [0.4, 0.5) is 0 Å². The number of hydrogen-bond acceptors (Lipinski definition) is 4. The number of imidazole rings is 1. The fourth-order valence-corrected chi connectivity index (χ4v) is 3.39. The van der Waals surface area contributed by atoms with Crippen LogP contribution in [0.3, 0.4) is 0 Å². The van der Waals surface area contributed by atoms with Gasteiger partial charge in [-0.25, -0.2) is 9.97 Å². The highest BCUT2D eigenvalue weighted by Crippen LogP contribution is 2.24. The van der Waals surface area contributed by atoms with Crippen molar-refractivity contribution in [1.82, 2.24) is 19.9 Å². The van der Waals surface area contributed by atoms with Crippen molar-refractivity contribution in [2.75, 3.05) is 0 Å². The Hall–Kier alpha value is -1.69. The van der Waals surface area contributed by atoms with Gasteiger partial charge in [-0.3, -0.25) is 4.79 Å². The van der Waals surface area contributed by atoms with Crippen LogP contribution in [0.5, 0.6) is 0 Å². The highest BCUT2D eigenvalue weighted by molar-refractivity contribution is 7.11. The second kappa shape index (κ2) is 7.54. The zero-order valence-electron chi connectivity index (χ0n) is 13.7. The topological polar surface area (TPSA) is 59.8 Å². The Labute approximate surface area is 135 Å². The third-order valence-corrected chi connectivity index (χ3v) is 4.97. The van der Waals surface area contributed by atoms with Crippen molar-refractivity contribution < 1.29 is 4.79 Å². The van der Waals surface area contributed by atoms with Gasteiger partial charge >= 0.3 is 0 Å². The smallest absolute Gasteiger partial charge is 0.222 e. The zero-order chi connectivity index (χ0) is 16.1. The Morgan fingerprint density at radius 3 is 2.77 bits per heavy atom. The molecule has 0 aliphatic rings. The molecule has 0 fully saturated rings. The molecule has 2 heterocycles. The molecule has 0 aromatic carbocycles. The SMILES string of the molecule is CCc1nccn1CCC(=O)NC(CC)c1nc(C)c(C)s1. The monoisotopic (exact) mass is 320 g/mol. The van der Waals surface area contributed by atoms with Crippen LogP contribution < -0.4 is 5.32 Å². The highest BCUT2D eigenvalue weighted by Gasteiger charge is 2.17. The number of nitrogens with zero attached hydrogens (tertiary/aromatic N) is 3. The van der Waals surface area contributed by atoms with Crippen LogP contribution in [0.2, 0.25) is 0 Å². The molecule has 0 aliphatic heterocycles. The molecule has 0 radical (unpaired) electrons. The largest absolute Gasteiger partial charge is 0.347 e. The van der Waals surface area contributed by atoms with Crippen molar-refractivity contribution in [1.29, 1.82) is 0 Å². The van der Waals surface area contributed by atoms with E-state index in [0.717, 1.165) is 29.4 Å². The van der Waals surface area contributed by atoms with Crippen LogP contribution in [-0.4, -0.2) is 20.4 Å². The molecule has 22 heavy (non-hydrogen) atoms. The third kappa shape index (κ3) is 3.94. The molecule has 120 valence electrons. The molecule has 0 aliphatic carbocycles. The van der Waals surface area contributed by atoms with E-state index in [4.69, 9.17) is 0 Å². The summed E-state index contributed by atoms with van der Waals surface area (Å²) >= 11 is 1.67. The van der Waals surface area contributed by atoms with Crippen LogP contribution in [0.25, 0.3) is 0 Å². The number of nitrogens with one attached hydrogen (secondary N) is 1. The standard InChI is InChI=1S/C16H24N4OS/c1-5-13(16-18-11(3)12(4)22-16)19-15(21)7-9-20-10-8-17-14(20)6-2/h8,10,13H,5-7,9H2,1-4H3,(H,19,21). The summed E-state index contributed by atoms with van der Waals surface area (Å²) in [6, 6.07) is 0.0123. The van der Waals surface area contributed by atoms with Gasteiger partial charge in [0.15, 0.2) is 0 Å². The van der Waals surface area contributed by atoms with Gasteiger partial charge in [0, 0.05) is 36.7 Å². The number of carbonyl (C=O) groups is 1. The molecule has 0 saturated heterocycles. The second-order valence-electron chi connectivity index (χ2n) is 5.36. The maximum absolute atomic E-state index is 12.2. The number of amides is 1. The van der Waals surface area contributed by atoms with E-state index < -0.39 is 0 Å². The van der Waals surface area contributed by atoms with Gasteiger partial charge in [0.2, 0.25) is 5.91 Å². The van der Waals surface area contributed by atoms with Crippen molar-refractivity contribution in [2.45, 2.75) is 59.5 Å². The summed E-state index contributed by atoms with van der Waals surface area (Å²) in [6.45, 7) is 8.88. The van der Waals surface area contributed by atoms with Crippen molar-refractivity contribution in [3.05, 3.63) is 33.8 Å². The van der Waals surface area contributed by atoms with Crippen LogP contribution in [-0.2, 0) is 17.8 Å². The molecule has 2 aromatic rings. The first kappa shape index (κ1) is 16.7. The van der Waals surface area contributed by atoms with Crippen molar-refractivity contribution in [3.8, 4) is 0 Å². The lowest BCUT2D eigenvalue weighted by Gasteiger charge is -2.15. The quantitative estimate of drug-likeness (QED) is 0.852. The van der Waals surface area contributed by atoms with E-state index in [1.54, 1.807) is 17.5 Å². The predicted molar refractivity (Wildman–Crippen MR) is 89.0 cm³/mol. The summed E-state index contributed by atoms with van der Waals surface area (Å²) < 4.78 is 2.04. The van der Waals surface area contributed by atoms with Gasteiger partial charge < -0.3 is 9.88 Å². The Kier molecular flexibility index (Phi) is 5.71. The first-order valence-corrected chi connectivity index (χ1v) is 8.60. The van der Waals surface area contributed by atoms with E-state index in [0.29, 0.717) is 13.0 Å². The number of thiazole rings is 1. The van der Waals surface area contributed by atoms with E-state index in [-0.39, 0.29) is 11.9 Å². The fourth-order valence-electron chi connectivity index (χ4n) is 2.33. The normalized spacial score (nSPS) is 12.4. The van der Waals surface area contributed by atoms with Crippen LogP contribution in [0.1, 0.15) is 54.1 Å². The van der Waals surface area contributed by atoms with Crippen molar-refractivity contribution in [2.24, 2.45) is 0 Å². The number of aromatic nitrogens is 3. The molecule has 6 heteroatoms. The molecule has 0 bridgehead atoms. The average Bonchev–Trinajstić information content (AvgIpc) is 3.09. The van der Waals surface area contributed by atoms with E-state index in [1.165, 1.54) is 4.88 Å². The lowest BCUT2D eigenvalue weighted by molar-refractivity contribution is -0.122. The van der Waals surface area contributed by atoms with E-state index in [1.807, 2.05) is 17.7 Å². The Balaban J connectivity index is 1.92. The summed E-state index contributed by atoms with van der Waals surface area (Å²) in [5.41, 5.74) is 1.05. The van der Waals surface area contributed by atoms with E-state index in [9.17, 15) is 4.79 Å². The van der Waals surface area contributed by atoms with E-state index in [2.05, 4.69) is 36.1 Å². The molecule has 0 saturated carbocycles. The Bertz CT molecular complexity index is 612. The molecule has 2 rings (SSSR count). The van der Waals surface area contributed by atoms with Crippen LogP contribution in [0.15, 0.2) is 12.4 Å². The number of hydrogen-bond donors (Lipinski definition) is 1. The minimum Gasteiger partial charge on any atom is -0.347 e. The molecule has 1 atom stereocenters. The van der Waals surface area contributed by atoms with Gasteiger partial charge in [0.25, 0.3) is 0 Å². The molecule has 1 N–H and O–H groups in total. The maximum atomic E-state index is 12.2. The number of carbonyl (C=O) groups excluding carboxylic acids is 1. The Morgan fingerprint density at radius 2 is 2.18 bits per heavy atom. The van der Waals surface area contributed by atoms with Gasteiger partial charge in [0.1, 0.15) is 10.8 Å². The molecular weight excluding hydrogens is 296 g/mol. The Morgan fingerprint density at radius 1 is 1.41 bits per heavy atom. The van der Waals surface area contributed by atoms with Gasteiger partial charge in [0.05, 0.1) is 11.7 Å². The molecular formula is C16H24N4OS. The second-order valence-corrected chi connectivity index (χ2v) is 6.60. The molecule has 1 amide bonds. The maximum Gasteiger partial charge on any atom is 0.222 e. The predicted octanol–water partition coefficient (Wildman–Crippen LogP) is 3.18. The summed E-state index contributed by atoms with van der Waals surface area (Å²) in [6.07, 6.45) is 5.90. The summed E-state index contributed by atoms with van der Waals surface area (Å²) in [7, 11) is 0. The summed E-state index contributed by atoms with van der Waals surface area (Å²) in [4.78, 5) is 22.3. The molecule has 5 nitrogen and oxygen atoms in total. The fraction of sp³-hybridized carbons (Fsp3) is 0.562. The lowest BCUT2D eigenvalue weighted by Crippen LogP contribution is -2.29. The number of rotatable bonds is 7. The molecule has 1 unspecified atom stereocenters. The average molecular weight is 320 g/mol. The minimum absolute atomic E-state index is 0.0123. The first-order valence-electron chi connectivity index (χ1n) is 7.78. The minimum atomic E-state index is 0.0123. The zero-order valence-corrected chi connectivity index (χ0v) is 14.5. The van der Waals surface area contributed by atoms with Gasteiger partial charge in [-0.1, -0.05) is 13.8 Å². The van der Waals surface area contributed by atoms with Gasteiger partial charge in [-0.15, -0.1) is 11.3 Å². The van der Waals surface area contributed by atoms with Gasteiger partial charge in [-0.2, -0.15) is 0 Å². The van der Waals surface area contributed by atoms with E-state index >= 15 is 0 Å². The van der Waals surface area contributed by atoms with Crippen LogP contribution >= 0.6 is 11.3 Å².